The summed E-state index contributed by atoms with van der Waals surface area (Å²) in [6.45, 7) is 1.20. The van der Waals surface area contributed by atoms with Crippen LogP contribution in [0.4, 0.5) is 11.4 Å². The largest absolute Gasteiger partial charge is 0.399 e. The van der Waals surface area contributed by atoms with E-state index in [0.717, 1.165) is 40.3 Å². The van der Waals surface area contributed by atoms with Gasteiger partial charge in [0.05, 0.1) is 0 Å². The number of halogens is 1. The Balaban J connectivity index is 2.21. The Morgan fingerprint density at radius 1 is 1.38 bits per heavy atom. The van der Waals surface area contributed by atoms with Crippen molar-refractivity contribution >= 4 is 39.1 Å². The molecule has 0 atom stereocenters. The van der Waals surface area contributed by atoms with Crippen LogP contribution < -0.4 is 11.1 Å². The van der Waals surface area contributed by atoms with Crippen LogP contribution in [0.2, 0.25) is 0 Å². The third-order valence-electron chi connectivity index (χ3n) is 2.00. The summed E-state index contributed by atoms with van der Waals surface area (Å²) in [5.41, 5.74) is 7.48. The van der Waals surface area contributed by atoms with Crippen molar-refractivity contribution in [3.05, 3.63) is 22.7 Å². The highest BCUT2D eigenvalue weighted by Gasteiger charge is 1.98. The highest BCUT2D eigenvalue weighted by Crippen LogP contribution is 2.24. The second-order valence-corrected chi connectivity index (χ2v) is 5.43. The highest BCUT2D eigenvalue weighted by atomic mass is 79.9. The van der Waals surface area contributed by atoms with Crippen LogP contribution in [-0.2, 0) is 0 Å². The molecule has 0 fully saturated rings. The van der Waals surface area contributed by atoms with Crippen molar-refractivity contribution in [3.63, 3.8) is 0 Å². The molecule has 0 aromatic heterocycles. The zero-order valence-electron chi connectivity index (χ0n) is 9.08. The minimum Gasteiger partial charge on any atom is -0.399 e. The Morgan fingerprint density at radius 3 is 2.88 bits per heavy atom. The maximum atomic E-state index is 8.62. The van der Waals surface area contributed by atoms with Crippen molar-refractivity contribution in [1.29, 1.82) is 0 Å². The van der Waals surface area contributed by atoms with E-state index in [1.54, 1.807) is 0 Å². The van der Waals surface area contributed by atoms with E-state index in [1.165, 1.54) is 0 Å². The monoisotopic (exact) mass is 304 g/mol. The summed E-state index contributed by atoms with van der Waals surface area (Å²) in [7, 11) is 0. The molecule has 1 aromatic carbocycles. The first kappa shape index (κ1) is 13.7. The number of benzene rings is 1. The maximum Gasteiger partial charge on any atom is 0.0486 e. The number of nitrogen functional groups attached to an aromatic ring is 1. The Hall–Kier alpha value is -0.390. The van der Waals surface area contributed by atoms with Crippen molar-refractivity contribution in [2.45, 2.75) is 6.42 Å². The van der Waals surface area contributed by atoms with Crippen LogP contribution in [0.1, 0.15) is 6.42 Å². The predicted molar refractivity (Wildman–Crippen MR) is 76.1 cm³/mol. The van der Waals surface area contributed by atoms with Crippen LogP contribution in [0.15, 0.2) is 22.7 Å². The zero-order valence-corrected chi connectivity index (χ0v) is 11.5. The van der Waals surface area contributed by atoms with E-state index in [-0.39, 0.29) is 6.61 Å². The van der Waals surface area contributed by atoms with E-state index in [4.69, 9.17) is 10.8 Å². The molecule has 1 rings (SSSR count). The Bertz CT molecular complexity index is 323. The summed E-state index contributed by atoms with van der Waals surface area (Å²) in [5.74, 6) is 2.05. The predicted octanol–water partition coefficient (Wildman–Crippen LogP) is 2.56. The summed E-state index contributed by atoms with van der Waals surface area (Å²) in [4.78, 5) is 0. The number of hydrogen-bond donors (Lipinski definition) is 3. The van der Waals surface area contributed by atoms with Gasteiger partial charge < -0.3 is 16.2 Å². The van der Waals surface area contributed by atoms with E-state index in [1.807, 2.05) is 30.0 Å². The van der Waals surface area contributed by atoms with Gasteiger partial charge in [-0.05, 0) is 46.3 Å². The number of nitrogens with one attached hydrogen (secondary N) is 1. The molecule has 0 aliphatic carbocycles. The fraction of sp³-hybridized carbons (Fsp3) is 0.455. The van der Waals surface area contributed by atoms with Gasteiger partial charge in [0.2, 0.25) is 0 Å². The second kappa shape index (κ2) is 7.81. The lowest BCUT2D eigenvalue weighted by Gasteiger charge is -2.08. The van der Waals surface area contributed by atoms with Crippen LogP contribution in [0.5, 0.6) is 0 Å². The number of nitrogens with two attached hydrogens (primary N) is 1. The molecule has 0 unspecified atom stereocenters. The summed E-state index contributed by atoms with van der Waals surface area (Å²) in [6.07, 6.45) is 0.871. The molecule has 0 radical (unpaired) electrons. The lowest BCUT2D eigenvalue weighted by molar-refractivity contribution is 0.296. The molecule has 3 nitrogen and oxygen atoms in total. The topological polar surface area (TPSA) is 58.3 Å². The van der Waals surface area contributed by atoms with Gasteiger partial charge in [0.15, 0.2) is 0 Å². The molecule has 0 amide bonds. The van der Waals surface area contributed by atoms with Crippen molar-refractivity contribution < 1.29 is 5.11 Å². The number of thioether (sulfide) groups is 1. The first-order valence-corrected chi connectivity index (χ1v) is 7.16. The number of rotatable bonds is 7. The molecule has 0 aliphatic heterocycles. The summed E-state index contributed by atoms with van der Waals surface area (Å²) >= 11 is 5.30. The van der Waals surface area contributed by atoms with Crippen molar-refractivity contribution in [3.8, 4) is 0 Å². The van der Waals surface area contributed by atoms with Gasteiger partial charge in [0.25, 0.3) is 0 Å². The van der Waals surface area contributed by atoms with Crippen LogP contribution in [-0.4, -0.2) is 29.8 Å². The van der Waals surface area contributed by atoms with E-state index in [2.05, 4.69) is 21.2 Å². The van der Waals surface area contributed by atoms with Gasteiger partial charge in [0.1, 0.15) is 0 Å². The molecule has 4 N–H and O–H groups in total. The standard InChI is InChI=1S/C11H17BrN2OS/c12-10-8-9(13)2-3-11(10)14-4-7-16-6-1-5-15/h2-3,8,14-15H,1,4-7,13H2. The SMILES string of the molecule is Nc1ccc(NCCSCCCO)c(Br)c1. The van der Waals surface area contributed by atoms with Crippen molar-refractivity contribution in [2.24, 2.45) is 0 Å². The van der Waals surface area contributed by atoms with Gasteiger partial charge in [-0.2, -0.15) is 11.8 Å². The summed E-state index contributed by atoms with van der Waals surface area (Å²) in [5, 5.41) is 11.9. The minimum atomic E-state index is 0.282. The average molecular weight is 305 g/mol. The molecule has 1 aromatic rings. The normalized spacial score (nSPS) is 10.4. The smallest absolute Gasteiger partial charge is 0.0486 e. The third-order valence-corrected chi connectivity index (χ3v) is 3.73. The molecule has 0 spiro atoms. The van der Waals surface area contributed by atoms with Gasteiger partial charge >= 0.3 is 0 Å². The molecule has 0 aliphatic rings. The van der Waals surface area contributed by atoms with Gasteiger partial charge in [-0.1, -0.05) is 0 Å². The first-order chi connectivity index (χ1) is 7.74. The number of aliphatic hydroxyl groups is 1. The molecular weight excluding hydrogens is 288 g/mol. The number of hydrogen-bond acceptors (Lipinski definition) is 4. The molecule has 90 valence electrons. The van der Waals surface area contributed by atoms with E-state index in [0.29, 0.717) is 0 Å². The van der Waals surface area contributed by atoms with E-state index >= 15 is 0 Å². The van der Waals surface area contributed by atoms with Gasteiger partial charge in [0, 0.05) is 34.8 Å². The number of anilines is 2. The maximum absolute atomic E-state index is 8.62. The van der Waals surface area contributed by atoms with Crippen LogP contribution in [0.25, 0.3) is 0 Å². The molecule has 16 heavy (non-hydrogen) atoms. The van der Waals surface area contributed by atoms with E-state index < -0.39 is 0 Å². The molecule has 5 heteroatoms. The Morgan fingerprint density at radius 2 is 2.19 bits per heavy atom. The van der Waals surface area contributed by atoms with Gasteiger partial charge in [-0.3, -0.25) is 0 Å². The second-order valence-electron chi connectivity index (χ2n) is 3.36. The third kappa shape index (κ3) is 5.09. The van der Waals surface area contributed by atoms with Crippen LogP contribution >= 0.6 is 27.7 Å². The number of aliphatic hydroxyl groups excluding tert-OH is 1. The van der Waals surface area contributed by atoms with Crippen LogP contribution in [0.3, 0.4) is 0 Å². The Labute approximate surface area is 109 Å². The lowest BCUT2D eigenvalue weighted by Crippen LogP contribution is -2.05. The zero-order chi connectivity index (χ0) is 11.8. The molecule has 0 saturated carbocycles. The Kier molecular flexibility index (Phi) is 6.68. The molecular formula is C11H17BrN2OS. The molecule has 0 heterocycles. The fourth-order valence-electron chi connectivity index (χ4n) is 1.20. The highest BCUT2D eigenvalue weighted by molar-refractivity contribution is 9.10. The van der Waals surface area contributed by atoms with Gasteiger partial charge in [-0.25, -0.2) is 0 Å². The van der Waals surface area contributed by atoms with E-state index in [9.17, 15) is 0 Å². The van der Waals surface area contributed by atoms with Crippen LogP contribution in [0, 0.1) is 0 Å². The lowest BCUT2D eigenvalue weighted by atomic mass is 10.3. The average Bonchev–Trinajstić information content (AvgIpc) is 2.26. The van der Waals surface area contributed by atoms with Crippen molar-refractivity contribution in [1.82, 2.24) is 0 Å². The van der Waals surface area contributed by atoms with Gasteiger partial charge in [-0.15, -0.1) is 0 Å². The summed E-state index contributed by atoms with van der Waals surface area (Å²) in [6, 6.07) is 5.74. The quantitative estimate of drug-likeness (QED) is 0.535. The van der Waals surface area contributed by atoms with Crippen molar-refractivity contribution in [2.75, 3.05) is 35.7 Å². The summed E-state index contributed by atoms with van der Waals surface area (Å²) < 4.78 is 0.993. The molecule has 0 bridgehead atoms. The fourth-order valence-corrected chi connectivity index (χ4v) is 2.52. The minimum absolute atomic E-state index is 0.282. The molecule has 0 saturated heterocycles. The first-order valence-electron chi connectivity index (χ1n) is 5.21.